The molecule has 0 N–H and O–H groups in total. The summed E-state index contributed by atoms with van der Waals surface area (Å²) < 4.78 is 0. The number of aromatic nitrogens is 1. The number of nitriles is 1. The minimum Gasteiger partial charge on any atom is -0.257 e. The zero-order chi connectivity index (χ0) is 10.0. The average Bonchev–Trinajstić information content (AvgIpc) is 2.02. The third-order valence-electron chi connectivity index (χ3n) is 2.09. The Labute approximate surface area is 79.2 Å². The maximum absolute atomic E-state index is 8.95. The molecule has 0 aromatic carbocycles. The molecule has 0 amide bonds. The van der Waals surface area contributed by atoms with Crippen molar-refractivity contribution in [2.75, 3.05) is 0 Å². The predicted molar refractivity (Wildman–Crippen MR) is 52.5 cm³/mol. The first-order chi connectivity index (χ1) is 6.06. The largest absolute Gasteiger partial charge is 0.257 e. The first-order valence-corrected chi connectivity index (χ1v) is 4.44. The van der Waals surface area contributed by atoms with E-state index in [4.69, 9.17) is 5.26 Å². The standard InChI is InChI=1S/C11H14N2/c1-7(2)10-5-8(3)13-9(4)11(10)6-12/h5,7H,1-4H3. The molecule has 1 aromatic rings. The van der Waals surface area contributed by atoms with E-state index in [2.05, 4.69) is 24.9 Å². The van der Waals surface area contributed by atoms with Crippen molar-refractivity contribution in [3.05, 3.63) is 28.6 Å². The van der Waals surface area contributed by atoms with Crippen molar-refractivity contribution in [2.45, 2.75) is 33.6 Å². The highest BCUT2D eigenvalue weighted by Crippen LogP contribution is 2.21. The van der Waals surface area contributed by atoms with Crippen LogP contribution in [0.5, 0.6) is 0 Å². The van der Waals surface area contributed by atoms with Crippen LogP contribution in [-0.2, 0) is 0 Å². The molecule has 2 nitrogen and oxygen atoms in total. The lowest BCUT2D eigenvalue weighted by atomic mass is 9.97. The first kappa shape index (κ1) is 9.73. The van der Waals surface area contributed by atoms with Crippen molar-refractivity contribution in [1.29, 1.82) is 5.26 Å². The van der Waals surface area contributed by atoms with Crippen molar-refractivity contribution < 1.29 is 0 Å². The summed E-state index contributed by atoms with van der Waals surface area (Å²) >= 11 is 0. The molecule has 0 aliphatic rings. The van der Waals surface area contributed by atoms with Gasteiger partial charge in [-0.2, -0.15) is 5.26 Å². The van der Waals surface area contributed by atoms with E-state index >= 15 is 0 Å². The van der Waals surface area contributed by atoms with Gasteiger partial charge in [0.2, 0.25) is 0 Å². The monoisotopic (exact) mass is 174 g/mol. The van der Waals surface area contributed by atoms with Gasteiger partial charge >= 0.3 is 0 Å². The molecule has 1 rings (SSSR count). The topological polar surface area (TPSA) is 36.7 Å². The summed E-state index contributed by atoms with van der Waals surface area (Å²) in [6.45, 7) is 8.03. The van der Waals surface area contributed by atoms with Crippen LogP contribution in [0.25, 0.3) is 0 Å². The van der Waals surface area contributed by atoms with Gasteiger partial charge < -0.3 is 0 Å². The van der Waals surface area contributed by atoms with Crippen LogP contribution in [0.4, 0.5) is 0 Å². The smallest absolute Gasteiger partial charge is 0.101 e. The number of nitrogens with zero attached hydrogens (tertiary/aromatic N) is 2. The Bertz CT molecular complexity index is 359. The molecule has 13 heavy (non-hydrogen) atoms. The molecule has 0 saturated heterocycles. The van der Waals surface area contributed by atoms with Gasteiger partial charge in [0.25, 0.3) is 0 Å². The van der Waals surface area contributed by atoms with E-state index in [1.807, 2.05) is 19.9 Å². The second-order valence-electron chi connectivity index (χ2n) is 3.58. The zero-order valence-electron chi connectivity index (χ0n) is 8.55. The average molecular weight is 174 g/mol. The van der Waals surface area contributed by atoms with Crippen molar-refractivity contribution in [1.82, 2.24) is 4.98 Å². The van der Waals surface area contributed by atoms with Crippen molar-refractivity contribution in [3.63, 3.8) is 0 Å². The second kappa shape index (κ2) is 3.57. The van der Waals surface area contributed by atoms with Gasteiger partial charge in [0.15, 0.2) is 0 Å². The highest BCUT2D eigenvalue weighted by molar-refractivity contribution is 5.43. The Morgan fingerprint density at radius 1 is 1.38 bits per heavy atom. The molecule has 0 saturated carbocycles. The third kappa shape index (κ3) is 1.86. The number of hydrogen-bond donors (Lipinski definition) is 0. The lowest BCUT2D eigenvalue weighted by Gasteiger charge is -2.10. The molecule has 0 aliphatic heterocycles. The molecule has 0 atom stereocenters. The van der Waals surface area contributed by atoms with Crippen LogP contribution in [0.2, 0.25) is 0 Å². The fourth-order valence-corrected chi connectivity index (χ4v) is 1.46. The molecule has 0 unspecified atom stereocenters. The third-order valence-corrected chi connectivity index (χ3v) is 2.09. The van der Waals surface area contributed by atoms with Crippen molar-refractivity contribution >= 4 is 0 Å². The fourth-order valence-electron chi connectivity index (χ4n) is 1.46. The van der Waals surface area contributed by atoms with Crippen LogP contribution in [-0.4, -0.2) is 4.98 Å². The Morgan fingerprint density at radius 3 is 2.46 bits per heavy atom. The van der Waals surface area contributed by atoms with E-state index < -0.39 is 0 Å². The highest BCUT2D eigenvalue weighted by Gasteiger charge is 2.10. The predicted octanol–water partition coefficient (Wildman–Crippen LogP) is 2.69. The molecule has 68 valence electrons. The van der Waals surface area contributed by atoms with Gasteiger partial charge in [-0.1, -0.05) is 13.8 Å². The van der Waals surface area contributed by atoms with Crippen LogP contribution >= 0.6 is 0 Å². The number of aryl methyl sites for hydroxylation is 2. The van der Waals surface area contributed by atoms with Crippen LogP contribution in [0.1, 0.15) is 42.3 Å². The Balaban J connectivity index is 3.41. The summed E-state index contributed by atoms with van der Waals surface area (Å²) in [4.78, 5) is 4.26. The summed E-state index contributed by atoms with van der Waals surface area (Å²) in [5.74, 6) is 0.384. The Hall–Kier alpha value is -1.36. The molecule has 0 aliphatic carbocycles. The van der Waals surface area contributed by atoms with Gasteiger partial charge in [-0.25, -0.2) is 0 Å². The zero-order valence-corrected chi connectivity index (χ0v) is 8.55. The van der Waals surface area contributed by atoms with Gasteiger partial charge in [-0.05, 0) is 31.4 Å². The van der Waals surface area contributed by atoms with E-state index in [-0.39, 0.29) is 0 Å². The summed E-state index contributed by atoms with van der Waals surface area (Å²) in [7, 11) is 0. The molecule has 0 bridgehead atoms. The Morgan fingerprint density at radius 2 is 2.00 bits per heavy atom. The van der Waals surface area contributed by atoms with E-state index in [1.165, 1.54) is 0 Å². The molecular weight excluding hydrogens is 160 g/mol. The summed E-state index contributed by atoms with van der Waals surface area (Å²) in [5.41, 5.74) is 3.67. The highest BCUT2D eigenvalue weighted by atomic mass is 14.7. The molecular formula is C11H14N2. The number of hydrogen-bond acceptors (Lipinski definition) is 2. The van der Waals surface area contributed by atoms with Gasteiger partial charge in [-0.3, -0.25) is 4.98 Å². The summed E-state index contributed by atoms with van der Waals surface area (Å²) in [6, 6.07) is 4.21. The lowest BCUT2D eigenvalue weighted by Crippen LogP contribution is -2.00. The van der Waals surface area contributed by atoms with Crippen LogP contribution in [0.3, 0.4) is 0 Å². The van der Waals surface area contributed by atoms with Gasteiger partial charge in [0.05, 0.1) is 11.3 Å². The SMILES string of the molecule is Cc1cc(C(C)C)c(C#N)c(C)n1. The lowest BCUT2D eigenvalue weighted by molar-refractivity contribution is 0.849. The normalized spacial score (nSPS) is 10.2. The maximum atomic E-state index is 8.95. The quantitative estimate of drug-likeness (QED) is 0.656. The van der Waals surface area contributed by atoms with Crippen LogP contribution < -0.4 is 0 Å². The fraction of sp³-hybridized carbons (Fsp3) is 0.455. The van der Waals surface area contributed by atoms with Gasteiger partial charge in [0, 0.05) is 5.69 Å². The van der Waals surface area contributed by atoms with E-state index in [0.717, 1.165) is 22.5 Å². The van der Waals surface area contributed by atoms with Crippen LogP contribution in [0, 0.1) is 25.2 Å². The van der Waals surface area contributed by atoms with Gasteiger partial charge in [-0.15, -0.1) is 0 Å². The minimum absolute atomic E-state index is 0.384. The van der Waals surface area contributed by atoms with E-state index in [9.17, 15) is 0 Å². The van der Waals surface area contributed by atoms with Crippen molar-refractivity contribution in [3.8, 4) is 6.07 Å². The van der Waals surface area contributed by atoms with Gasteiger partial charge in [0.1, 0.15) is 6.07 Å². The Kier molecular flexibility index (Phi) is 2.67. The molecule has 1 aromatic heterocycles. The molecule has 2 heteroatoms. The first-order valence-electron chi connectivity index (χ1n) is 4.44. The molecule has 0 radical (unpaired) electrons. The second-order valence-corrected chi connectivity index (χ2v) is 3.58. The summed E-state index contributed by atoms with van der Waals surface area (Å²) in [6.07, 6.45) is 0. The molecule has 0 spiro atoms. The maximum Gasteiger partial charge on any atom is 0.101 e. The number of rotatable bonds is 1. The minimum atomic E-state index is 0.384. The number of pyridine rings is 1. The molecule has 0 fully saturated rings. The molecule has 1 heterocycles. The summed E-state index contributed by atoms with van der Waals surface area (Å²) in [5, 5.41) is 8.95. The van der Waals surface area contributed by atoms with Crippen LogP contribution in [0.15, 0.2) is 6.07 Å². The van der Waals surface area contributed by atoms with Crippen molar-refractivity contribution in [2.24, 2.45) is 0 Å². The van der Waals surface area contributed by atoms with E-state index in [1.54, 1.807) is 0 Å². The van der Waals surface area contributed by atoms with E-state index in [0.29, 0.717) is 5.92 Å².